The molecule has 46 heavy (non-hydrogen) atoms. The minimum absolute atomic E-state index is 0.0158. The van der Waals surface area contributed by atoms with Crippen molar-refractivity contribution >= 4 is 33.2 Å². The van der Waals surface area contributed by atoms with Gasteiger partial charge >= 0.3 is 0 Å². The van der Waals surface area contributed by atoms with Crippen LogP contribution in [0.3, 0.4) is 0 Å². The molecule has 1 aliphatic rings. The molecule has 0 aliphatic carbocycles. The summed E-state index contributed by atoms with van der Waals surface area (Å²) in [6.45, 7) is 8.95. The van der Waals surface area contributed by atoms with Crippen molar-refractivity contribution in [3.05, 3.63) is 92.3 Å². The van der Waals surface area contributed by atoms with E-state index in [1.165, 1.54) is 12.1 Å². The summed E-state index contributed by atoms with van der Waals surface area (Å²) < 4.78 is 6.14. The Hall–Kier alpha value is -4.14. The molecule has 1 aliphatic heterocycles. The van der Waals surface area contributed by atoms with E-state index in [-0.39, 0.29) is 21.2 Å². The van der Waals surface area contributed by atoms with Crippen molar-refractivity contribution in [2.45, 2.75) is 19.5 Å². The molecule has 0 unspecified atom stereocenters. The van der Waals surface area contributed by atoms with Crippen molar-refractivity contribution in [3.8, 4) is 0 Å². The van der Waals surface area contributed by atoms with E-state index in [1.807, 2.05) is 36.4 Å². The van der Waals surface area contributed by atoms with Crippen LogP contribution in [0.1, 0.15) is 17.8 Å². The molecule has 13 heteroatoms. The van der Waals surface area contributed by atoms with E-state index in [2.05, 4.69) is 43.7 Å². The number of ether oxygens (including phenoxy) is 1. The lowest BCUT2D eigenvalue weighted by atomic mass is 10.1. The fraction of sp³-hybridized carbons (Fsp3) is 0.455. The first kappa shape index (κ1) is 33.2. The highest BCUT2D eigenvalue weighted by Crippen LogP contribution is 2.25. The summed E-state index contributed by atoms with van der Waals surface area (Å²) in [6, 6.07) is 17.7. The van der Waals surface area contributed by atoms with Gasteiger partial charge in [0.1, 0.15) is 11.0 Å². The molecule has 1 saturated heterocycles. The second-order valence-corrected chi connectivity index (χ2v) is 11.9. The molecule has 0 amide bonds. The first-order valence-electron chi connectivity index (χ1n) is 15.7. The van der Waals surface area contributed by atoms with E-state index < -0.39 is 0 Å². The van der Waals surface area contributed by atoms with Crippen molar-refractivity contribution in [2.75, 3.05) is 79.7 Å². The van der Waals surface area contributed by atoms with E-state index in [4.69, 9.17) is 4.74 Å². The zero-order valence-corrected chi connectivity index (χ0v) is 26.6. The van der Waals surface area contributed by atoms with E-state index in [1.54, 1.807) is 12.1 Å². The van der Waals surface area contributed by atoms with Crippen LogP contribution in [0.25, 0.3) is 21.8 Å². The summed E-state index contributed by atoms with van der Waals surface area (Å²) in [5.74, 6) is 0. The van der Waals surface area contributed by atoms with Crippen LogP contribution in [-0.2, 0) is 17.8 Å². The molecule has 0 saturated carbocycles. The van der Waals surface area contributed by atoms with E-state index in [0.29, 0.717) is 50.4 Å². The lowest BCUT2D eigenvalue weighted by Crippen LogP contribution is -2.39. The Bertz CT molecular complexity index is 1530. The van der Waals surface area contributed by atoms with Gasteiger partial charge in [-0.3, -0.25) is 30.0 Å². The van der Waals surface area contributed by atoms with Crippen LogP contribution in [-0.4, -0.2) is 119 Å². The van der Waals surface area contributed by atoms with Gasteiger partial charge in [-0.25, -0.2) is 9.97 Å². The summed E-state index contributed by atoms with van der Waals surface area (Å²) in [4.78, 5) is 41.1. The number of rotatable bonds is 6. The Kier molecular flexibility index (Phi) is 11.5. The van der Waals surface area contributed by atoms with E-state index in [9.17, 15) is 20.2 Å². The number of aromatic nitrogens is 2. The average Bonchev–Trinajstić information content (AvgIpc) is 3.04. The van der Waals surface area contributed by atoms with Crippen LogP contribution >= 0.6 is 0 Å². The molecule has 1 fully saturated rings. The fourth-order valence-corrected chi connectivity index (χ4v) is 5.76. The Morgan fingerprint density at radius 3 is 1.52 bits per heavy atom. The van der Waals surface area contributed by atoms with Gasteiger partial charge < -0.3 is 14.5 Å². The number of hydrogen-bond donors (Lipinski definition) is 0. The second-order valence-electron chi connectivity index (χ2n) is 11.9. The lowest BCUT2D eigenvalue weighted by Gasteiger charge is -2.28. The van der Waals surface area contributed by atoms with Crippen LogP contribution in [0.2, 0.25) is 0 Å². The predicted octanol–water partition coefficient (Wildman–Crippen LogP) is 4.19. The molecule has 13 nitrogen and oxygen atoms in total. The molecule has 5 rings (SSSR count). The van der Waals surface area contributed by atoms with Gasteiger partial charge in [-0.15, -0.1) is 0 Å². The van der Waals surface area contributed by atoms with Crippen LogP contribution < -0.4 is 0 Å². The maximum Gasteiger partial charge on any atom is 0.295 e. The highest BCUT2D eigenvalue weighted by Gasteiger charge is 2.17. The monoisotopic (exact) mass is 630 g/mol. The van der Waals surface area contributed by atoms with Gasteiger partial charge in [0.15, 0.2) is 0 Å². The maximum atomic E-state index is 11.6. The summed E-state index contributed by atoms with van der Waals surface area (Å²) in [5, 5.41) is 24.7. The van der Waals surface area contributed by atoms with Gasteiger partial charge in [0, 0.05) is 75.3 Å². The van der Waals surface area contributed by atoms with Crippen molar-refractivity contribution in [2.24, 2.45) is 0 Å². The first-order chi connectivity index (χ1) is 22.3. The van der Waals surface area contributed by atoms with Crippen molar-refractivity contribution < 1.29 is 14.6 Å². The molecule has 0 spiro atoms. The normalized spacial score (nSPS) is 17.8. The maximum absolute atomic E-state index is 11.6. The molecule has 2 aromatic carbocycles. The molecule has 4 aromatic rings. The van der Waals surface area contributed by atoms with Gasteiger partial charge in [0.2, 0.25) is 0 Å². The number of nitro groups is 2. The number of fused-ring (bicyclic) bond motifs is 2. The summed E-state index contributed by atoms with van der Waals surface area (Å²) in [7, 11) is 4.27. The molecule has 0 atom stereocenters. The molecule has 0 N–H and O–H groups in total. The number of para-hydroxylation sites is 2. The van der Waals surface area contributed by atoms with Crippen LogP contribution in [0, 0.1) is 20.2 Å². The van der Waals surface area contributed by atoms with Gasteiger partial charge in [-0.05, 0) is 45.7 Å². The van der Waals surface area contributed by atoms with Crippen LogP contribution in [0.15, 0.2) is 60.7 Å². The fourth-order valence-electron chi connectivity index (χ4n) is 5.76. The Balaban J connectivity index is 1.26. The summed E-state index contributed by atoms with van der Waals surface area (Å²) in [6.07, 6.45) is 1.04. The highest BCUT2D eigenvalue weighted by molar-refractivity contribution is 5.87. The molecule has 3 heterocycles. The molecule has 0 radical (unpaired) electrons. The predicted molar refractivity (Wildman–Crippen MR) is 178 cm³/mol. The number of benzene rings is 2. The van der Waals surface area contributed by atoms with E-state index >= 15 is 0 Å². The number of nitro benzene ring substituents is 2. The summed E-state index contributed by atoms with van der Waals surface area (Å²) in [5.41, 5.74) is 2.42. The SMILES string of the molecule is CN1CCCN(C)CCN(Cc2ccc3cccc([N+](=O)[O-])c3n2)CCOCCN(Cc2ccc3cccc([N+](=O)[O-])c3n2)CC1. The standard InChI is InChI=1S/C33H42N8O5/c1-36-14-5-15-37(2)17-19-39(25-29-13-11-27-7-4-9-31(41(44)45)33(27)35-29)21-23-46-22-20-38(18-16-36)24-28-12-10-26-6-3-8-30(40(42)43)32(26)34-28/h3-4,6-13H,5,14-25H2,1-2H3. The average molecular weight is 631 g/mol. The third-order valence-corrected chi connectivity index (χ3v) is 8.46. The lowest BCUT2D eigenvalue weighted by molar-refractivity contribution is -0.383. The minimum Gasteiger partial charge on any atom is -0.379 e. The number of non-ortho nitro benzene ring substituents is 2. The first-order valence-corrected chi connectivity index (χ1v) is 15.7. The number of nitrogens with zero attached hydrogens (tertiary/aromatic N) is 8. The zero-order chi connectivity index (χ0) is 32.5. The third kappa shape index (κ3) is 8.98. The number of likely N-dealkylation sites (N-methyl/N-ethyl adjacent to an activating group) is 2. The number of hydrogen-bond acceptors (Lipinski definition) is 11. The van der Waals surface area contributed by atoms with Crippen LogP contribution in [0.5, 0.6) is 0 Å². The van der Waals surface area contributed by atoms with Crippen molar-refractivity contribution in [1.82, 2.24) is 29.6 Å². The van der Waals surface area contributed by atoms with Gasteiger partial charge in [-0.1, -0.05) is 36.4 Å². The summed E-state index contributed by atoms with van der Waals surface area (Å²) >= 11 is 0. The molecular formula is C33H42N8O5. The van der Waals surface area contributed by atoms with E-state index in [0.717, 1.165) is 67.8 Å². The number of pyridine rings is 2. The van der Waals surface area contributed by atoms with Gasteiger partial charge in [0.05, 0.1) is 34.4 Å². The smallest absolute Gasteiger partial charge is 0.295 e. The third-order valence-electron chi connectivity index (χ3n) is 8.46. The second kappa shape index (κ2) is 15.9. The Morgan fingerprint density at radius 1 is 0.630 bits per heavy atom. The van der Waals surface area contributed by atoms with Gasteiger partial charge in [-0.2, -0.15) is 0 Å². The molecule has 2 aromatic heterocycles. The molecule has 244 valence electrons. The molecule has 0 bridgehead atoms. The topological polar surface area (TPSA) is 134 Å². The van der Waals surface area contributed by atoms with Crippen molar-refractivity contribution in [3.63, 3.8) is 0 Å². The Morgan fingerprint density at radius 2 is 1.09 bits per heavy atom. The largest absolute Gasteiger partial charge is 0.379 e. The van der Waals surface area contributed by atoms with Crippen molar-refractivity contribution in [1.29, 1.82) is 0 Å². The minimum atomic E-state index is -0.380. The zero-order valence-electron chi connectivity index (χ0n) is 26.6. The highest BCUT2D eigenvalue weighted by atomic mass is 16.6. The van der Waals surface area contributed by atoms with Gasteiger partial charge in [0.25, 0.3) is 11.4 Å². The Labute approximate surface area is 268 Å². The molecular weight excluding hydrogens is 588 g/mol. The van der Waals surface area contributed by atoms with Crippen LogP contribution in [0.4, 0.5) is 11.4 Å². The quantitative estimate of drug-likeness (QED) is 0.224.